The zero-order chi connectivity index (χ0) is 9.68. The molecule has 3 nitrogen and oxygen atoms in total. The van der Waals surface area contributed by atoms with E-state index >= 15 is 0 Å². The number of hydrogen-bond acceptors (Lipinski definition) is 2. The molecule has 0 saturated heterocycles. The highest BCUT2D eigenvalue weighted by molar-refractivity contribution is 14.1. The van der Waals surface area contributed by atoms with Crippen LogP contribution >= 0.6 is 22.6 Å². The maximum atomic E-state index is 4.26. The van der Waals surface area contributed by atoms with Gasteiger partial charge in [0.05, 0.1) is 15.8 Å². The molecule has 1 aromatic heterocycles. The molecule has 0 aromatic carbocycles. The Balaban J connectivity index is 2.35. The smallest absolute Gasteiger partial charge is 0.0623 e. The van der Waals surface area contributed by atoms with Crippen molar-refractivity contribution in [3.8, 4) is 0 Å². The van der Waals surface area contributed by atoms with Crippen LogP contribution in [0.1, 0.15) is 26.3 Å². The fraction of sp³-hybridized carbons (Fsp3) is 0.667. The topological polar surface area (TPSA) is 29.9 Å². The molecule has 4 heteroatoms. The summed E-state index contributed by atoms with van der Waals surface area (Å²) in [6.07, 6.45) is 5.14. The summed E-state index contributed by atoms with van der Waals surface area (Å²) in [7, 11) is 0. The van der Waals surface area contributed by atoms with Crippen LogP contribution in [0.2, 0.25) is 0 Å². The van der Waals surface area contributed by atoms with E-state index in [1.807, 2.05) is 10.9 Å². The summed E-state index contributed by atoms with van der Waals surface area (Å²) >= 11 is 2.28. The van der Waals surface area contributed by atoms with Crippen molar-refractivity contribution in [2.45, 2.75) is 26.3 Å². The summed E-state index contributed by atoms with van der Waals surface area (Å²) in [5.74, 6) is 0. The van der Waals surface area contributed by atoms with Gasteiger partial charge in [-0.15, -0.1) is 0 Å². The highest BCUT2D eigenvalue weighted by atomic mass is 127. The largest absolute Gasteiger partial charge is 0.315 e. The molecule has 0 aliphatic carbocycles. The molecule has 1 N–H and O–H groups in total. The van der Waals surface area contributed by atoms with Gasteiger partial charge in [0.25, 0.3) is 0 Å². The van der Waals surface area contributed by atoms with Gasteiger partial charge in [0, 0.05) is 12.7 Å². The van der Waals surface area contributed by atoms with Crippen molar-refractivity contribution >= 4 is 22.6 Å². The second-order valence-electron chi connectivity index (χ2n) is 3.19. The maximum absolute atomic E-state index is 4.26. The highest BCUT2D eigenvalue weighted by Crippen LogP contribution is 2.07. The monoisotopic (exact) mass is 293 g/mol. The molecule has 74 valence electrons. The first-order valence-corrected chi connectivity index (χ1v) is 5.72. The fourth-order valence-corrected chi connectivity index (χ4v) is 1.55. The first kappa shape index (κ1) is 11.0. The zero-order valence-electron chi connectivity index (χ0n) is 8.13. The number of halogens is 1. The summed E-state index contributed by atoms with van der Waals surface area (Å²) in [6.45, 7) is 6.43. The van der Waals surface area contributed by atoms with Crippen LogP contribution in [0.5, 0.6) is 0 Å². The highest BCUT2D eigenvalue weighted by Gasteiger charge is 2.04. The van der Waals surface area contributed by atoms with Crippen LogP contribution < -0.4 is 5.32 Å². The molecule has 0 amide bonds. The molecule has 0 saturated carbocycles. The van der Waals surface area contributed by atoms with E-state index in [-0.39, 0.29) is 0 Å². The van der Waals surface area contributed by atoms with Gasteiger partial charge in [-0.05, 0) is 42.5 Å². The third kappa shape index (κ3) is 3.64. The van der Waals surface area contributed by atoms with Crippen LogP contribution in [0.4, 0.5) is 0 Å². The van der Waals surface area contributed by atoms with Crippen LogP contribution in [-0.2, 0) is 0 Å². The predicted octanol–water partition coefficient (Wildman–Crippen LogP) is 2.05. The Bertz CT molecular complexity index is 247. The molecular formula is C9H16IN3. The molecule has 1 heterocycles. The zero-order valence-corrected chi connectivity index (χ0v) is 10.3. The van der Waals surface area contributed by atoms with E-state index in [9.17, 15) is 0 Å². The van der Waals surface area contributed by atoms with Crippen molar-refractivity contribution < 1.29 is 0 Å². The Morgan fingerprint density at radius 2 is 2.46 bits per heavy atom. The quantitative estimate of drug-likeness (QED) is 0.665. The second kappa shape index (κ2) is 5.59. The molecule has 0 aliphatic heterocycles. The van der Waals surface area contributed by atoms with Gasteiger partial charge in [0.1, 0.15) is 0 Å². The molecule has 1 aromatic rings. The van der Waals surface area contributed by atoms with E-state index in [2.05, 4.69) is 53.1 Å². The van der Waals surface area contributed by atoms with Gasteiger partial charge in [-0.1, -0.05) is 6.92 Å². The molecule has 1 rings (SSSR count). The maximum Gasteiger partial charge on any atom is 0.0623 e. The standard InChI is InChI=1S/C9H16IN3/c1-3-4-11-5-8(2)13-7-9(10)6-12-13/h6-8,11H,3-5H2,1-2H3. The Morgan fingerprint density at radius 1 is 1.69 bits per heavy atom. The summed E-state index contributed by atoms with van der Waals surface area (Å²) in [5.41, 5.74) is 0. The summed E-state index contributed by atoms with van der Waals surface area (Å²) in [5, 5.41) is 7.64. The first-order valence-electron chi connectivity index (χ1n) is 4.64. The summed E-state index contributed by atoms with van der Waals surface area (Å²) < 4.78 is 3.20. The molecule has 0 spiro atoms. The van der Waals surface area contributed by atoms with Gasteiger partial charge in [-0.3, -0.25) is 4.68 Å². The molecule has 1 atom stereocenters. The average molecular weight is 293 g/mol. The minimum Gasteiger partial charge on any atom is -0.315 e. The van der Waals surface area contributed by atoms with Gasteiger partial charge in [-0.25, -0.2) is 0 Å². The predicted molar refractivity (Wildman–Crippen MR) is 62.8 cm³/mol. The molecule has 13 heavy (non-hydrogen) atoms. The van der Waals surface area contributed by atoms with E-state index in [1.54, 1.807) is 0 Å². The van der Waals surface area contributed by atoms with Gasteiger partial charge >= 0.3 is 0 Å². The van der Waals surface area contributed by atoms with E-state index in [4.69, 9.17) is 0 Å². The van der Waals surface area contributed by atoms with Crippen molar-refractivity contribution in [2.24, 2.45) is 0 Å². The van der Waals surface area contributed by atoms with Gasteiger partial charge in [-0.2, -0.15) is 5.10 Å². The van der Waals surface area contributed by atoms with E-state index in [0.717, 1.165) is 13.1 Å². The lowest BCUT2D eigenvalue weighted by molar-refractivity contribution is 0.454. The van der Waals surface area contributed by atoms with Crippen molar-refractivity contribution in [3.05, 3.63) is 16.0 Å². The van der Waals surface area contributed by atoms with Gasteiger partial charge < -0.3 is 5.32 Å². The lowest BCUT2D eigenvalue weighted by Gasteiger charge is -2.12. The minimum atomic E-state index is 0.440. The summed E-state index contributed by atoms with van der Waals surface area (Å²) in [4.78, 5) is 0. The van der Waals surface area contributed by atoms with Crippen molar-refractivity contribution in [2.75, 3.05) is 13.1 Å². The number of nitrogens with zero attached hydrogens (tertiary/aromatic N) is 2. The van der Waals surface area contributed by atoms with Crippen LogP contribution in [-0.4, -0.2) is 22.9 Å². The lowest BCUT2D eigenvalue weighted by atomic mass is 10.3. The van der Waals surface area contributed by atoms with E-state index < -0.39 is 0 Å². The SMILES string of the molecule is CCCNCC(C)n1cc(I)cn1. The van der Waals surface area contributed by atoms with Crippen molar-refractivity contribution in [3.63, 3.8) is 0 Å². The van der Waals surface area contributed by atoms with Gasteiger partial charge in [0.15, 0.2) is 0 Å². The third-order valence-electron chi connectivity index (χ3n) is 1.89. The Hall–Kier alpha value is -0.100. The van der Waals surface area contributed by atoms with Crippen LogP contribution in [0.25, 0.3) is 0 Å². The number of nitrogens with one attached hydrogen (secondary N) is 1. The minimum absolute atomic E-state index is 0.440. The Morgan fingerprint density at radius 3 is 3.00 bits per heavy atom. The second-order valence-corrected chi connectivity index (χ2v) is 4.44. The van der Waals surface area contributed by atoms with Gasteiger partial charge in [0.2, 0.25) is 0 Å². The molecule has 0 radical (unpaired) electrons. The number of rotatable bonds is 5. The normalized spacial score (nSPS) is 13.2. The van der Waals surface area contributed by atoms with Crippen LogP contribution in [0.3, 0.4) is 0 Å². The molecule has 0 aliphatic rings. The van der Waals surface area contributed by atoms with Crippen molar-refractivity contribution in [1.82, 2.24) is 15.1 Å². The van der Waals surface area contributed by atoms with Crippen molar-refractivity contribution in [1.29, 1.82) is 0 Å². The molecule has 1 unspecified atom stereocenters. The third-order valence-corrected chi connectivity index (χ3v) is 2.45. The lowest BCUT2D eigenvalue weighted by Crippen LogP contribution is -2.24. The molecule has 0 fully saturated rings. The van der Waals surface area contributed by atoms with Crippen LogP contribution in [0, 0.1) is 3.57 Å². The first-order chi connectivity index (χ1) is 6.24. The fourth-order valence-electron chi connectivity index (χ4n) is 1.14. The number of aromatic nitrogens is 2. The molecule has 0 bridgehead atoms. The number of hydrogen-bond donors (Lipinski definition) is 1. The average Bonchev–Trinajstić information content (AvgIpc) is 2.52. The molecular weight excluding hydrogens is 277 g/mol. The van der Waals surface area contributed by atoms with E-state index in [1.165, 1.54) is 9.99 Å². The Labute approximate surface area is 93.0 Å². The van der Waals surface area contributed by atoms with E-state index in [0.29, 0.717) is 6.04 Å². The Kier molecular flexibility index (Phi) is 4.72. The van der Waals surface area contributed by atoms with Crippen LogP contribution in [0.15, 0.2) is 12.4 Å². The summed E-state index contributed by atoms with van der Waals surface area (Å²) in [6, 6.07) is 0.440.